The first-order valence-corrected chi connectivity index (χ1v) is 9.42. The molecule has 0 bridgehead atoms. The lowest BCUT2D eigenvalue weighted by molar-refractivity contribution is 0.382. The van der Waals surface area contributed by atoms with Crippen molar-refractivity contribution in [2.45, 2.75) is 26.2 Å². The monoisotopic (exact) mass is 363 g/mol. The highest BCUT2D eigenvalue weighted by Gasteiger charge is 2.14. The number of halogens is 1. The summed E-state index contributed by atoms with van der Waals surface area (Å²) >= 11 is 7.58. The Kier molecular flexibility index (Phi) is 5.52. The average molecular weight is 364 g/mol. The van der Waals surface area contributed by atoms with Gasteiger partial charge in [0.15, 0.2) is 16.8 Å². The first-order chi connectivity index (χ1) is 11.7. The Hall–Kier alpha value is -1.86. The molecule has 24 heavy (non-hydrogen) atoms. The fourth-order valence-corrected chi connectivity index (χ4v) is 2.87. The number of aryl methyl sites for hydroxylation is 4. The van der Waals surface area contributed by atoms with Gasteiger partial charge in [0, 0.05) is 36.8 Å². The van der Waals surface area contributed by atoms with Gasteiger partial charge in [0.2, 0.25) is 0 Å². The van der Waals surface area contributed by atoms with Gasteiger partial charge in [-0.25, -0.2) is 9.97 Å². The van der Waals surface area contributed by atoms with Gasteiger partial charge in [-0.05, 0) is 25.3 Å². The van der Waals surface area contributed by atoms with Crippen molar-refractivity contribution in [2.24, 2.45) is 0 Å². The summed E-state index contributed by atoms with van der Waals surface area (Å²) in [5.74, 6) is 4.19. The molecular weight excluding hydrogens is 346 g/mol. The second-order valence-electron chi connectivity index (χ2n) is 5.35. The minimum Gasteiger partial charge on any atom is -0.360 e. The van der Waals surface area contributed by atoms with Crippen LogP contribution in [-0.4, -0.2) is 36.9 Å². The third-order valence-electron chi connectivity index (χ3n) is 3.46. The van der Waals surface area contributed by atoms with Crippen LogP contribution in [0.15, 0.2) is 28.8 Å². The van der Waals surface area contributed by atoms with E-state index >= 15 is 0 Å². The SMILES string of the molecule is CSCCc1nc(CCc2cc(Cl)no2)n(-c2cccc(C)n2)n1. The van der Waals surface area contributed by atoms with Crippen LogP contribution < -0.4 is 0 Å². The third kappa shape index (κ3) is 4.15. The van der Waals surface area contributed by atoms with Gasteiger partial charge in [-0.3, -0.25) is 0 Å². The Balaban J connectivity index is 1.86. The van der Waals surface area contributed by atoms with Gasteiger partial charge >= 0.3 is 0 Å². The van der Waals surface area contributed by atoms with E-state index in [1.54, 1.807) is 17.8 Å². The van der Waals surface area contributed by atoms with Crippen LogP contribution in [0.3, 0.4) is 0 Å². The van der Waals surface area contributed by atoms with Crippen molar-refractivity contribution in [2.75, 3.05) is 12.0 Å². The van der Waals surface area contributed by atoms with Crippen LogP contribution >= 0.6 is 23.4 Å². The van der Waals surface area contributed by atoms with Crippen molar-refractivity contribution in [1.82, 2.24) is 24.9 Å². The van der Waals surface area contributed by atoms with E-state index < -0.39 is 0 Å². The lowest BCUT2D eigenvalue weighted by Gasteiger charge is -2.04. The molecule has 0 aliphatic carbocycles. The summed E-state index contributed by atoms with van der Waals surface area (Å²) in [4.78, 5) is 9.23. The Labute approximate surface area is 149 Å². The molecule has 3 rings (SSSR count). The van der Waals surface area contributed by atoms with Crippen LogP contribution in [0.4, 0.5) is 0 Å². The molecule has 126 valence electrons. The zero-order valence-electron chi connectivity index (χ0n) is 13.6. The Morgan fingerprint density at radius 2 is 2.08 bits per heavy atom. The summed E-state index contributed by atoms with van der Waals surface area (Å²) in [7, 11) is 0. The van der Waals surface area contributed by atoms with E-state index in [0.717, 1.165) is 41.1 Å². The molecule has 0 aliphatic heterocycles. The van der Waals surface area contributed by atoms with Crippen LogP contribution in [0, 0.1) is 6.92 Å². The molecule has 0 saturated carbocycles. The number of rotatable bonds is 7. The van der Waals surface area contributed by atoms with Crippen molar-refractivity contribution >= 4 is 23.4 Å². The van der Waals surface area contributed by atoms with Gasteiger partial charge in [-0.15, -0.1) is 5.10 Å². The number of nitrogens with zero attached hydrogens (tertiary/aromatic N) is 5. The maximum absolute atomic E-state index is 5.80. The summed E-state index contributed by atoms with van der Waals surface area (Å²) in [6, 6.07) is 7.60. The second-order valence-corrected chi connectivity index (χ2v) is 6.72. The number of aromatic nitrogens is 5. The smallest absolute Gasteiger partial charge is 0.172 e. The molecule has 0 fully saturated rings. The van der Waals surface area contributed by atoms with Crippen LogP contribution in [0.2, 0.25) is 5.15 Å². The molecule has 8 heteroatoms. The van der Waals surface area contributed by atoms with E-state index in [2.05, 4.69) is 26.5 Å². The molecule has 3 aromatic rings. The third-order valence-corrected chi connectivity index (χ3v) is 4.25. The van der Waals surface area contributed by atoms with E-state index in [1.165, 1.54) is 0 Å². The summed E-state index contributed by atoms with van der Waals surface area (Å²) in [6.45, 7) is 1.96. The summed E-state index contributed by atoms with van der Waals surface area (Å²) < 4.78 is 6.98. The zero-order chi connectivity index (χ0) is 16.9. The molecule has 0 saturated heterocycles. The first kappa shape index (κ1) is 17.0. The Morgan fingerprint density at radius 3 is 2.79 bits per heavy atom. The first-order valence-electron chi connectivity index (χ1n) is 7.64. The number of hydrogen-bond donors (Lipinski definition) is 0. The lowest BCUT2D eigenvalue weighted by Crippen LogP contribution is -2.07. The predicted molar refractivity (Wildman–Crippen MR) is 94.9 cm³/mol. The lowest BCUT2D eigenvalue weighted by atomic mass is 10.2. The quantitative estimate of drug-likeness (QED) is 0.641. The number of pyridine rings is 1. The molecule has 3 aromatic heterocycles. The van der Waals surface area contributed by atoms with Gasteiger partial charge in [0.05, 0.1) is 0 Å². The van der Waals surface area contributed by atoms with Gasteiger partial charge in [0.25, 0.3) is 0 Å². The van der Waals surface area contributed by atoms with Crippen LogP contribution in [0.1, 0.15) is 23.1 Å². The highest BCUT2D eigenvalue weighted by atomic mass is 35.5. The van der Waals surface area contributed by atoms with Crippen molar-refractivity contribution in [1.29, 1.82) is 0 Å². The maximum atomic E-state index is 5.80. The molecule has 0 atom stereocenters. The summed E-state index contributed by atoms with van der Waals surface area (Å²) in [6.07, 6.45) is 4.24. The zero-order valence-corrected chi connectivity index (χ0v) is 15.1. The second kappa shape index (κ2) is 7.81. The Bertz CT molecular complexity index is 816. The van der Waals surface area contributed by atoms with E-state index in [0.29, 0.717) is 18.0 Å². The molecule has 0 N–H and O–H groups in total. The number of hydrogen-bond acceptors (Lipinski definition) is 6. The molecule has 6 nitrogen and oxygen atoms in total. The number of thioether (sulfide) groups is 1. The van der Waals surface area contributed by atoms with Gasteiger partial charge in [0.1, 0.15) is 11.6 Å². The highest BCUT2D eigenvalue weighted by Crippen LogP contribution is 2.14. The van der Waals surface area contributed by atoms with Crippen LogP contribution in [0.5, 0.6) is 0 Å². The summed E-state index contributed by atoms with van der Waals surface area (Å²) in [5.41, 5.74) is 0.946. The van der Waals surface area contributed by atoms with Crippen molar-refractivity contribution in [3.8, 4) is 5.82 Å². The minimum absolute atomic E-state index is 0.368. The highest BCUT2D eigenvalue weighted by molar-refractivity contribution is 7.98. The standard InChI is InChI=1S/C16H18ClN5OS/c1-11-4-3-5-15(18-11)22-16(19-14(20-22)8-9-24-2)7-6-12-10-13(17)21-23-12/h3-5,10H,6-9H2,1-2H3. The minimum atomic E-state index is 0.368. The van der Waals surface area contributed by atoms with Gasteiger partial charge in [-0.2, -0.15) is 16.4 Å². The topological polar surface area (TPSA) is 69.6 Å². The van der Waals surface area contributed by atoms with E-state index in [1.807, 2.05) is 29.8 Å². The molecule has 0 spiro atoms. The van der Waals surface area contributed by atoms with Crippen LogP contribution in [0.25, 0.3) is 5.82 Å². The normalized spacial score (nSPS) is 11.1. The van der Waals surface area contributed by atoms with Gasteiger partial charge < -0.3 is 4.52 Å². The summed E-state index contributed by atoms with van der Waals surface area (Å²) in [5, 5.41) is 8.70. The fourth-order valence-electron chi connectivity index (χ4n) is 2.32. The molecule has 0 radical (unpaired) electrons. The average Bonchev–Trinajstić information content (AvgIpc) is 3.17. The molecular formula is C16H18ClN5OS. The molecule has 0 aliphatic rings. The molecule has 0 unspecified atom stereocenters. The maximum Gasteiger partial charge on any atom is 0.172 e. The van der Waals surface area contributed by atoms with E-state index in [-0.39, 0.29) is 0 Å². The van der Waals surface area contributed by atoms with Crippen LogP contribution in [-0.2, 0) is 19.3 Å². The van der Waals surface area contributed by atoms with Crippen molar-refractivity contribution in [3.05, 3.63) is 52.5 Å². The Morgan fingerprint density at radius 1 is 1.21 bits per heavy atom. The van der Waals surface area contributed by atoms with Crippen molar-refractivity contribution in [3.63, 3.8) is 0 Å². The van der Waals surface area contributed by atoms with Crippen molar-refractivity contribution < 1.29 is 4.52 Å². The molecule has 0 amide bonds. The van der Waals surface area contributed by atoms with E-state index in [9.17, 15) is 0 Å². The molecule has 3 heterocycles. The van der Waals surface area contributed by atoms with E-state index in [4.69, 9.17) is 16.1 Å². The predicted octanol–water partition coefficient (Wildman–Crippen LogP) is 3.30. The van der Waals surface area contributed by atoms with Gasteiger partial charge in [-0.1, -0.05) is 22.8 Å². The largest absolute Gasteiger partial charge is 0.360 e. The fraction of sp³-hybridized carbons (Fsp3) is 0.375. The molecule has 0 aromatic carbocycles.